The number of amides is 1. The molecule has 160 valence electrons. The zero-order valence-corrected chi connectivity index (χ0v) is 17.8. The van der Waals surface area contributed by atoms with E-state index < -0.39 is 18.0 Å². The highest BCUT2D eigenvalue weighted by atomic mass is 32.1. The Labute approximate surface area is 183 Å². The van der Waals surface area contributed by atoms with Crippen LogP contribution in [0.4, 0.5) is 5.00 Å². The fraction of sp³-hybridized carbons (Fsp3) is 0.261. The van der Waals surface area contributed by atoms with Gasteiger partial charge in [0.2, 0.25) is 5.78 Å². The van der Waals surface area contributed by atoms with E-state index in [9.17, 15) is 14.4 Å². The number of ketones is 1. The number of furan rings is 1. The van der Waals surface area contributed by atoms with Crippen LogP contribution in [0, 0.1) is 0 Å². The first-order valence-electron chi connectivity index (χ1n) is 10.0. The van der Waals surface area contributed by atoms with Gasteiger partial charge in [-0.05, 0) is 43.4 Å². The molecule has 0 fully saturated rings. The Balaban J connectivity index is 1.69. The highest BCUT2D eigenvalue weighted by Gasteiger charge is 2.30. The van der Waals surface area contributed by atoms with E-state index in [0.717, 1.165) is 36.1 Å². The lowest BCUT2D eigenvalue weighted by Gasteiger charge is -2.20. The van der Waals surface area contributed by atoms with E-state index in [1.807, 2.05) is 6.07 Å². The lowest BCUT2D eigenvalue weighted by Crippen LogP contribution is -2.46. The molecule has 0 saturated carbocycles. The van der Waals surface area contributed by atoms with Gasteiger partial charge in [0, 0.05) is 10.4 Å². The number of fused-ring (bicyclic) bond motifs is 1. The SMILES string of the molecule is COC(=O)c1c(N[C@@H](NC(=O)c2ccco2)C(=O)c2ccccc2)sc2c1CCCC2. The number of hydrogen-bond donors (Lipinski definition) is 2. The summed E-state index contributed by atoms with van der Waals surface area (Å²) in [5.41, 5.74) is 1.84. The first-order valence-corrected chi connectivity index (χ1v) is 10.8. The van der Waals surface area contributed by atoms with Crippen molar-refractivity contribution in [1.82, 2.24) is 5.32 Å². The molecule has 1 aromatic carbocycles. The van der Waals surface area contributed by atoms with Crippen molar-refractivity contribution < 1.29 is 23.5 Å². The molecule has 0 saturated heterocycles. The second kappa shape index (κ2) is 9.18. The quantitative estimate of drug-likeness (QED) is 0.328. The molecule has 1 amide bonds. The van der Waals surface area contributed by atoms with Gasteiger partial charge in [0.1, 0.15) is 5.00 Å². The minimum atomic E-state index is -1.09. The number of esters is 1. The number of nitrogens with one attached hydrogen (secondary N) is 2. The van der Waals surface area contributed by atoms with E-state index in [1.165, 1.54) is 30.8 Å². The first kappa shape index (κ1) is 20.9. The van der Waals surface area contributed by atoms with Crippen molar-refractivity contribution >= 4 is 34.0 Å². The maximum Gasteiger partial charge on any atom is 0.341 e. The van der Waals surface area contributed by atoms with Crippen molar-refractivity contribution in [3.05, 3.63) is 76.1 Å². The van der Waals surface area contributed by atoms with Crippen molar-refractivity contribution in [2.75, 3.05) is 12.4 Å². The number of anilines is 1. The topological polar surface area (TPSA) is 97.6 Å². The Bertz CT molecular complexity index is 1090. The van der Waals surface area contributed by atoms with E-state index in [0.29, 0.717) is 16.1 Å². The molecule has 0 aliphatic heterocycles. The smallest absolute Gasteiger partial charge is 0.341 e. The Morgan fingerprint density at radius 3 is 2.55 bits per heavy atom. The Morgan fingerprint density at radius 1 is 1.06 bits per heavy atom. The summed E-state index contributed by atoms with van der Waals surface area (Å²) in [6.45, 7) is 0. The number of thiophene rings is 1. The fourth-order valence-electron chi connectivity index (χ4n) is 3.66. The first-order chi connectivity index (χ1) is 15.1. The fourth-order valence-corrected chi connectivity index (χ4v) is 4.97. The molecular weight excluding hydrogens is 416 g/mol. The molecular formula is C23H22N2O5S. The van der Waals surface area contributed by atoms with Crippen molar-refractivity contribution in [3.8, 4) is 0 Å². The van der Waals surface area contributed by atoms with Crippen LogP contribution >= 0.6 is 11.3 Å². The third-order valence-corrected chi connectivity index (χ3v) is 6.40. The number of rotatable bonds is 7. The number of aryl methyl sites for hydroxylation is 1. The Morgan fingerprint density at radius 2 is 1.84 bits per heavy atom. The van der Waals surface area contributed by atoms with Gasteiger partial charge in [-0.1, -0.05) is 30.3 Å². The maximum absolute atomic E-state index is 13.2. The third-order valence-electron chi connectivity index (χ3n) is 5.18. The standard InChI is InChI=1S/C23H22N2O5S/c1-29-23(28)18-15-10-5-6-12-17(15)31-22(18)25-20(19(26)14-8-3-2-4-9-14)24-21(27)16-11-7-13-30-16/h2-4,7-9,11,13,20,25H,5-6,10,12H2,1H3,(H,24,27)/t20-/m1/s1. The number of ether oxygens (including phenoxy) is 1. The van der Waals surface area contributed by atoms with Crippen molar-refractivity contribution in [2.24, 2.45) is 0 Å². The van der Waals surface area contributed by atoms with Gasteiger partial charge in [-0.2, -0.15) is 0 Å². The summed E-state index contributed by atoms with van der Waals surface area (Å²) in [5, 5.41) is 6.32. The van der Waals surface area contributed by atoms with E-state index in [4.69, 9.17) is 9.15 Å². The Hall–Kier alpha value is -3.39. The maximum atomic E-state index is 13.2. The molecule has 2 heterocycles. The van der Waals surface area contributed by atoms with Crippen LogP contribution in [-0.2, 0) is 17.6 Å². The molecule has 8 heteroatoms. The summed E-state index contributed by atoms with van der Waals surface area (Å²) in [4.78, 5) is 39.5. The van der Waals surface area contributed by atoms with Gasteiger partial charge in [0.05, 0.1) is 18.9 Å². The largest absolute Gasteiger partial charge is 0.465 e. The predicted octanol–water partition coefficient (Wildman–Crippen LogP) is 4.06. The number of carbonyl (C=O) groups excluding carboxylic acids is 3. The van der Waals surface area contributed by atoms with Crippen LogP contribution < -0.4 is 10.6 Å². The highest BCUT2D eigenvalue weighted by molar-refractivity contribution is 7.16. The molecule has 0 spiro atoms. The summed E-state index contributed by atoms with van der Waals surface area (Å²) in [7, 11) is 1.34. The predicted molar refractivity (Wildman–Crippen MR) is 117 cm³/mol. The third kappa shape index (κ3) is 4.39. The summed E-state index contributed by atoms with van der Waals surface area (Å²) < 4.78 is 10.2. The van der Waals surface area contributed by atoms with Gasteiger partial charge in [0.25, 0.3) is 5.91 Å². The van der Waals surface area contributed by atoms with Crippen LogP contribution in [-0.4, -0.2) is 30.9 Å². The van der Waals surface area contributed by atoms with Crippen molar-refractivity contribution in [1.29, 1.82) is 0 Å². The number of hydrogen-bond acceptors (Lipinski definition) is 7. The number of methoxy groups -OCH3 is 1. The van der Waals surface area contributed by atoms with E-state index >= 15 is 0 Å². The van der Waals surface area contributed by atoms with Crippen LogP contribution in [0.2, 0.25) is 0 Å². The van der Waals surface area contributed by atoms with Crippen LogP contribution in [0.5, 0.6) is 0 Å². The normalized spacial score (nSPS) is 13.7. The van der Waals surface area contributed by atoms with Gasteiger partial charge in [0.15, 0.2) is 11.9 Å². The van der Waals surface area contributed by atoms with Gasteiger partial charge < -0.3 is 19.8 Å². The molecule has 0 unspecified atom stereocenters. The molecule has 2 N–H and O–H groups in total. The molecule has 2 aromatic heterocycles. The zero-order chi connectivity index (χ0) is 21.8. The minimum absolute atomic E-state index is 0.0892. The summed E-state index contributed by atoms with van der Waals surface area (Å²) in [5.74, 6) is -1.23. The van der Waals surface area contributed by atoms with Crippen molar-refractivity contribution in [3.63, 3.8) is 0 Å². The number of Topliss-reactive ketones (excluding diaryl/α,β-unsaturated/α-hetero) is 1. The number of benzene rings is 1. The van der Waals surface area contributed by atoms with Crippen LogP contribution in [0.25, 0.3) is 0 Å². The average Bonchev–Trinajstić information content (AvgIpc) is 3.46. The summed E-state index contributed by atoms with van der Waals surface area (Å²) >= 11 is 1.43. The molecule has 4 rings (SSSR count). The van der Waals surface area contributed by atoms with E-state index in [1.54, 1.807) is 30.3 Å². The molecule has 1 aliphatic carbocycles. The molecule has 1 atom stereocenters. The minimum Gasteiger partial charge on any atom is -0.465 e. The second-order valence-corrected chi connectivity index (χ2v) is 8.27. The summed E-state index contributed by atoms with van der Waals surface area (Å²) in [6.07, 6.45) is 4.00. The van der Waals surface area contributed by atoms with E-state index in [-0.39, 0.29) is 11.5 Å². The molecule has 1 aliphatic rings. The van der Waals surface area contributed by atoms with Gasteiger partial charge in [-0.3, -0.25) is 9.59 Å². The Kier molecular flexibility index (Phi) is 6.18. The average molecular weight is 439 g/mol. The van der Waals surface area contributed by atoms with Crippen LogP contribution in [0.3, 0.4) is 0 Å². The number of carbonyl (C=O) groups is 3. The van der Waals surface area contributed by atoms with E-state index in [2.05, 4.69) is 10.6 Å². The van der Waals surface area contributed by atoms with Gasteiger partial charge >= 0.3 is 5.97 Å². The molecule has 0 radical (unpaired) electrons. The van der Waals surface area contributed by atoms with Gasteiger partial charge in [-0.25, -0.2) is 4.79 Å². The molecule has 7 nitrogen and oxygen atoms in total. The van der Waals surface area contributed by atoms with Crippen LogP contribution in [0.1, 0.15) is 54.6 Å². The zero-order valence-electron chi connectivity index (χ0n) is 17.0. The molecule has 3 aromatic rings. The summed E-state index contributed by atoms with van der Waals surface area (Å²) in [6, 6.07) is 11.8. The molecule has 0 bridgehead atoms. The second-order valence-electron chi connectivity index (χ2n) is 7.16. The lowest BCUT2D eigenvalue weighted by molar-refractivity contribution is 0.0600. The molecule has 31 heavy (non-hydrogen) atoms. The van der Waals surface area contributed by atoms with Crippen LogP contribution in [0.15, 0.2) is 53.1 Å². The lowest BCUT2D eigenvalue weighted by atomic mass is 9.95. The monoisotopic (exact) mass is 438 g/mol. The highest BCUT2D eigenvalue weighted by Crippen LogP contribution is 2.39. The van der Waals surface area contributed by atoms with Crippen molar-refractivity contribution in [2.45, 2.75) is 31.8 Å². The van der Waals surface area contributed by atoms with Gasteiger partial charge in [-0.15, -0.1) is 11.3 Å².